The van der Waals surface area contributed by atoms with Gasteiger partial charge in [0.15, 0.2) is 0 Å². The Morgan fingerprint density at radius 1 is 1.24 bits per heavy atom. The number of likely N-dealkylation sites (N-methyl/N-ethyl adjacent to an activating group) is 1. The van der Waals surface area contributed by atoms with Crippen LogP contribution in [0, 0.1) is 5.92 Å². The lowest BCUT2D eigenvalue weighted by Crippen LogP contribution is -2.48. The molecule has 0 aromatic rings. The average molecular weight is 296 g/mol. The SMILES string of the molecule is C[C@H]1C[C@@H](C(=O)NCCC(=O)N2CCN(C)CC2)CCN1. The normalized spacial score (nSPS) is 27.4. The quantitative estimate of drug-likeness (QED) is 0.745. The van der Waals surface area contributed by atoms with Crippen LogP contribution in [0.5, 0.6) is 0 Å². The molecule has 0 aliphatic carbocycles. The van der Waals surface area contributed by atoms with Crippen LogP contribution < -0.4 is 10.6 Å². The van der Waals surface area contributed by atoms with Crippen molar-refractivity contribution in [2.24, 2.45) is 5.92 Å². The molecule has 2 rings (SSSR count). The molecule has 2 saturated heterocycles. The molecular formula is C15H28N4O2. The number of hydrogen-bond acceptors (Lipinski definition) is 4. The number of nitrogens with zero attached hydrogens (tertiary/aromatic N) is 2. The van der Waals surface area contributed by atoms with Crippen molar-refractivity contribution in [3.05, 3.63) is 0 Å². The second-order valence-electron chi connectivity index (χ2n) is 6.30. The van der Waals surface area contributed by atoms with Crippen LogP contribution in [-0.4, -0.2) is 74.0 Å². The minimum absolute atomic E-state index is 0.0972. The largest absolute Gasteiger partial charge is 0.355 e. The van der Waals surface area contributed by atoms with E-state index < -0.39 is 0 Å². The second-order valence-corrected chi connectivity index (χ2v) is 6.30. The van der Waals surface area contributed by atoms with Crippen molar-refractivity contribution >= 4 is 11.8 Å². The third kappa shape index (κ3) is 4.97. The molecule has 6 heteroatoms. The fourth-order valence-corrected chi connectivity index (χ4v) is 3.02. The zero-order valence-corrected chi connectivity index (χ0v) is 13.2. The van der Waals surface area contributed by atoms with E-state index in [0.29, 0.717) is 19.0 Å². The van der Waals surface area contributed by atoms with Gasteiger partial charge in [0.2, 0.25) is 11.8 Å². The number of carbonyl (C=O) groups is 2. The van der Waals surface area contributed by atoms with E-state index in [1.165, 1.54) is 0 Å². The summed E-state index contributed by atoms with van der Waals surface area (Å²) in [5.74, 6) is 0.358. The van der Waals surface area contributed by atoms with Crippen LogP contribution in [-0.2, 0) is 9.59 Å². The van der Waals surface area contributed by atoms with Crippen molar-refractivity contribution in [1.29, 1.82) is 0 Å². The molecule has 2 atom stereocenters. The lowest BCUT2D eigenvalue weighted by Gasteiger charge is -2.32. The Morgan fingerprint density at radius 2 is 1.95 bits per heavy atom. The molecule has 0 unspecified atom stereocenters. The smallest absolute Gasteiger partial charge is 0.224 e. The minimum atomic E-state index is 0.0972. The molecule has 0 radical (unpaired) electrons. The van der Waals surface area contributed by atoms with E-state index in [4.69, 9.17) is 0 Å². The van der Waals surface area contributed by atoms with Crippen LogP contribution in [0.25, 0.3) is 0 Å². The van der Waals surface area contributed by atoms with Crippen LogP contribution >= 0.6 is 0 Å². The van der Waals surface area contributed by atoms with Gasteiger partial charge >= 0.3 is 0 Å². The van der Waals surface area contributed by atoms with Crippen molar-refractivity contribution in [3.63, 3.8) is 0 Å². The third-order valence-corrected chi connectivity index (χ3v) is 4.49. The zero-order valence-electron chi connectivity index (χ0n) is 13.2. The Labute approximate surface area is 127 Å². The van der Waals surface area contributed by atoms with Crippen molar-refractivity contribution in [2.45, 2.75) is 32.2 Å². The predicted octanol–water partition coefficient (Wildman–Crippen LogP) is -0.345. The molecule has 2 N–H and O–H groups in total. The first-order chi connectivity index (χ1) is 10.1. The third-order valence-electron chi connectivity index (χ3n) is 4.49. The molecule has 0 saturated carbocycles. The Balaban J connectivity index is 1.64. The van der Waals surface area contributed by atoms with E-state index in [1.54, 1.807) is 0 Å². The molecule has 120 valence electrons. The summed E-state index contributed by atoms with van der Waals surface area (Å²) in [7, 11) is 2.07. The van der Waals surface area contributed by atoms with E-state index in [1.807, 2.05) is 4.90 Å². The maximum absolute atomic E-state index is 12.1. The van der Waals surface area contributed by atoms with E-state index in [0.717, 1.165) is 45.6 Å². The highest BCUT2D eigenvalue weighted by atomic mass is 16.2. The highest BCUT2D eigenvalue weighted by Gasteiger charge is 2.25. The van der Waals surface area contributed by atoms with Gasteiger partial charge in [0.05, 0.1) is 0 Å². The number of amides is 2. The summed E-state index contributed by atoms with van der Waals surface area (Å²) >= 11 is 0. The monoisotopic (exact) mass is 296 g/mol. The molecule has 2 fully saturated rings. The van der Waals surface area contributed by atoms with Crippen molar-refractivity contribution in [3.8, 4) is 0 Å². The van der Waals surface area contributed by atoms with Crippen molar-refractivity contribution in [1.82, 2.24) is 20.4 Å². The summed E-state index contributed by atoms with van der Waals surface area (Å²) < 4.78 is 0. The maximum Gasteiger partial charge on any atom is 0.224 e. The summed E-state index contributed by atoms with van der Waals surface area (Å²) in [5.41, 5.74) is 0. The summed E-state index contributed by atoms with van der Waals surface area (Å²) in [5, 5.41) is 6.27. The molecular weight excluding hydrogens is 268 g/mol. The fraction of sp³-hybridized carbons (Fsp3) is 0.867. The summed E-state index contributed by atoms with van der Waals surface area (Å²) in [4.78, 5) is 28.3. The highest BCUT2D eigenvalue weighted by Crippen LogP contribution is 2.15. The van der Waals surface area contributed by atoms with Gasteiger partial charge in [0, 0.05) is 51.1 Å². The van der Waals surface area contributed by atoms with Crippen LogP contribution in [0.1, 0.15) is 26.2 Å². The molecule has 0 aromatic heterocycles. The van der Waals surface area contributed by atoms with E-state index in [9.17, 15) is 9.59 Å². The molecule has 0 spiro atoms. The topological polar surface area (TPSA) is 64.7 Å². The first kappa shape index (κ1) is 16.2. The number of carbonyl (C=O) groups excluding carboxylic acids is 2. The summed E-state index contributed by atoms with van der Waals surface area (Å²) in [6.45, 7) is 6.94. The van der Waals surface area contributed by atoms with Crippen LogP contribution in [0.4, 0.5) is 0 Å². The van der Waals surface area contributed by atoms with Gasteiger partial charge in [-0.1, -0.05) is 0 Å². The molecule has 6 nitrogen and oxygen atoms in total. The zero-order chi connectivity index (χ0) is 15.2. The molecule has 2 aliphatic rings. The molecule has 0 bridgehead atoms. The Kier molecular flexibility index (Phi) is 5.99. The lowest BCUT2D eigenvalue weighted by molar-refractivity contribution is -0.132. The number of piperidine rings is 1. The second kappa shape index (κ2) is 7.75. The van der Waals surface area contributed by atoms with E-state index >= 15 is 0 Å². The first-order valence-corrected chi connectivity index (χ1v) is 8.03. The number of piperazine rings is 1. The molecule has 2 amide bonds. The van der Waals surface area contributed by atoms with Gasteiger partial charge in [-0.3, -0.25) is 9.59 Å². The van der Waals surface area contributed by atoms with Crippen LogP contribution in [0.2, 0.25) is 0 Å². The maximum atomic E-state index is 12.1. The van der Waals surface area contributed by atoms with E-state index in [-0.39, 0.29) is 17.7 Å². The lowest BCUT2D eigenvalue weighted by atomic mass is 9.92. The Bertz CT molecular complexity index is 367. The molecule has 2 heterocycles. The minimum Gasteiger partial charge on any atom is -0.355 e. The van der Waals surface area contributed by atoms with Crippen molar-refractivity contribution in [2.75, 3.05) is 46.3 Å². The molecule has 21 heavy (non-hydrogen) atoms. The van der Waals surface area contributed by atoms with Gasteiger partial charge in [-0.2, -0.15) is 0 Å². The van der Waals surface area contributed by atoms with Gasteiger partial charge in [-0.25, -0.2) is 0 Å². The van der Waals surface area contributed by atoms with Crippen LogP contribution in [0.3, 0.4) is 0 Å². The van der Waals surface area contributed by atoms with Gasteiger partial charge in [-0.15, -0.1) is 0 Å². The average Bonchev–Trinajstić information content (AvgIpc) is 2.47. The number of hydrogen-bond donors (Lipinski definition) is 2. The molecule has 2 aliphatic heterocycles. The van der Waals surface area contributed by atoms with Gasteiger partial charge in [-0.05, 0) is 33.4 Å². The Morgan fingerprint density at radius 3 is 2.62 bits per heavy atom. The van der Waals surface area contributed by atoms with Gasteiger partial charge in [0.25, 0.3) is 0 Å². The fourth-order valence-electron chi connectivity index (χ4n) is 3.02. The Hall–Kier alpha value is -1.14. The summed E-state index contributed by atoms with van der Waals surface area (Å²) in [6.07, 6.45) is 2.19. The molecule has 0 aromatic carbocycles. The number of nitrogens with one attached hydrogen (secondary N) is 2. The van der Waals surface area contributed by atoms with Gasteiger partial charge < -0.3 is 20.4 Å². The summed E-state index contributed by atoms with van der Waals surface area (Å²) in [6, 6.07) is 0.404. The number of rotatable bonds is 4. The highest BCUT2D eigenvalue weighted by molar-refractivity contribution is 5.80. The van der Waals surface area contributed by atoms with Crippen molar-refractivity contribution < 1.29 is 9.59 Å². The van der Waals surface area contributed by atoms with E-state index in [2.05, 4.69) is 29.5 Å². The van der Waals surface area contributed by atoms with Crippen LogP contribution in [0.15, 0.2) is 0 Å². The van der Waals surface area contributed by atoms with Gasteiger partial charge in [0.1, 0.15) is 0 Å². The first-order valence-electron chi connectivity index (χ1n) is 8.03. The predicted molar refractivity (Wildman–Crippen MR) is 81.9 cm³/mol. The standard InChI is InChI=1S/C15H28N4O2/c1-12-11-13(3-5-16-12)15(21)17-6-4-14(20)19-9-7-18(2)8-10-19/h12-13,16H,3-11H2,1-2H3,(H,17,21)/t12-,13-/m0/s1.